The van der Waals surface area contributed by atoms with Gasteiger partial charge in [-0.05, 0) is 62.4 Å². The summed E-state index contributed by atoms with van der Waals surface area (Å²) in [6.07, 6.45) is 0. The van der Waals surface area contributed by atoms with E-state index in [0.717, 1.165) is 14.5 Å². The fourth-order valence-corrected chi connectivity index (χ4v) is 4.07. The average molecular weight is 420 g/mol. The molecule has 1 aromatic rings. The molecule has 1 fully saturated rings. The van der Waals surface area contributed by atoms with E-state index in [0.29, 0.717) is 12.2 Å². The average Bonchev–Trinajstić information content (AvgIpc) is 2.75. The number of nitrogens with one attached hydrogen (secondary N) is 1. The summed E-state index contributed by atoms with van der Waals surface area (Å²) in [5.41, 5.74) is 1.71. The molecule has 21 heavy (non-hydrogen) atoms. The van der Waals surface area contributed by atoms with Gasteiger partial charge in [-0.25, -0.2) is 4.79 Å². The smallest absolute Gasteiger partial charge is 0.321 e. The van der Waals surface area contributed by atoms with Crippen LogP contribution in [-0.2, 0) is 4.79 Å². The number of likely N-dealkylation sites (tertiary alicyclic amines) is 1. The van der Waals surface area contributed by atoms with E-state index < -0.39 is 11.9 Å². The number of hydrogen-bond acceptors (Lipinski definition) is 2. The second-order valence-corrected chi connectivity index (χ2v) is 7.07. The molecule has 1 saturated heterocycles. The minimum atomic E-state index is -0.851. The van der Waals surface area contributed by atoms with Crippen LogP contribution >= 0.6 is 31.9 Å². The number of aliphatic carboxylic acids is 1. The number of nitrogens with zero attached hydrogens (tertiary/aromatic N) is 1. The van der Waals surface area contributed by atoms with Crippen LogP contribution in [0, 0.1) is 18.8 Å². The molecule has 2 rings (SSSR count). The molecule has 0 bridgehead atoms. The molecule has 0 radical (unpaired) electrons. The van der Waals surface area contributed by atoms with Gasteiger partial charge in [-0.15, -0.1) is 0 Å². The summed E-state index contributed by atoms with van der Waals surface area (Å²) < 4.78 is 1.56. The first kappa shape index (κ1) is 16.3. The van der Waals surface area contributed by atoms with Crippen LogP contribution in [0.4, 0.5) is 10.5 Å². The number of carbonyl (C=O) groups is 2. The molecular formula is C14H16Br2N2O3. The summed E-state index contributed by atoms with van der Waals surface area (Å²) in [5, 5.41) is 11.9. The molecule has 1 aromatic carbocycles. The molecule has 2 amide bonds. The van der Waals surface area contributed by atoms with Crippen LogP contribution in [0.25, 0.3) is 0 Å². The molecule has 1 aliphatic heterocycles. The van der Waals surface area contributed by atoms with Gasteiger partial charge in [0.25, 0.3) is 0 Å². The second-order valence-electron chi connectivity index (χ2n) is 5.36. The molecule has 2 atom stereocenters. The molecule has 0 aromatic heterocycles. The van der Waals surface area contributed by atoms with Crippen LogP contribution in [0.5, 0.6) is 0 Å². The van der Waals surface area contributed by atoms with Gasteiger partial charge in [0.05, 0.1) is 11.6 Å². The number of amides is 2. The molecule has 1 heterocycles. The van der Waals surface area contributed by atoms with Crippen molar-refractivity contribution in [1.82, 2.24) is 4.90 Å². The monoisotopic (exact) mass is 418 g/mol. The highest BCUT2D eigenvalue weighted by Crippen LogP contribution is 2.33. The number of carboxylic acids is 1. The van der Waals surface area contributed by atoms with Crippen LogP contribution in [0.15, 0.2) is 21.1 Å². The first-order valence-corrected chi connectivity index (χ1v) is 8.12. The zero-order valence-electron chi connectivity index (χ0n) is 11.7. The van der Waals surface area contributed by atoms with Crippen LogP contribution in [0.3, 0.4) is 0 Å². The maximum absolute atomic E-state index is 12.3. The van der Waals surface area contributed by atoms with Crippen LogP contribution in [0.2, 0.25) is 0 Å². The van der Waals surface area contributed by atoms with Gasteiger partial charge >= 0.3 is 12.0 Å². The van der Waals surface area contributed by atoms with Gasteiger partial charge < -0.3 is 15.3 Å². The van der Waals surface area contributed by atoms with Crippen molar-refractivity contribution in [3.8, 4) is 0 Å². The van der Waals surface area contributed by atoms with Gasteiger partial charge in [-0.2, -0.15) is 0 Å². The Morgan fingerprint density at radius 3 is 2.33 bits per heavy atom. The Morgan fingerprint density at radius 1 is 1.29 bits per heavy atom. The van der Waals surface area contributed by atoms with E-state index in [9.17, 15) is 9.59 Å². The highest BCUT2D eigenvalue weighted by atomic mass is 79.9. The lowest BCUT2D eigenvalue weighted by atomic mass is 9.99. The van der Waals surface area contributed by atoms with Crippen molar-refractivity contribution in [2.75, 3.05) is 18.4 Å². The summed E-state index contributed by atoms with van der Waals surface area (Å²) >= 11 is 6.85. The Labute approximate surface area is 140 Å². The molecular weight excluding hydrogens is 404 g/mol. The van der Waals surface area contributed by atoms with Crippen molar-refractivity contribution in [1.29, 1.82) is 0 Å². The van der Waals surface area contributed by atoms with Gasteiger partial charge in [0, 0.05) is 22.0 Å². The van der Waals surface area contributed by atoms with E-state index in [4.69, 9.17) is 5.11 Å². The molecule has 7 heteroatoms. The summed E-state index contributed by atoms with van der Waals surface area (Å²) in [6, 6.07) is 3.54. The Balaban J connectivity index is 2.11. The number of carboxylic acid groups (broad SMARTS) is 1. The lowest BCUT2D eigenvalue weighted by molar-refractivity contribution is -0.142. The number of carbonyl (C=O) groups excluding carboxylic acids is 1. The van der Waals surface area contributed by atoms with Gasteiger partial charge in [0.2, 0.25) is 0 Å². The van der Waals surface area contributed by atoms with Crippen LogP contribution < -0.4 is 5.32 Å². The van der Waals surface area contributed by atoms with Crippen LogP contribution in [-0.4, -0.2) is 35.1 Å². The number of aryl methyl sites for hydroxylation is 1. The topological polar surface area (TPSA) is 69.6 Å². The van der Waals surface area contributed by atoms with Crippen molar-refractivity contribution in [3.05, 3.63) is 26.6 Å². The van der Waals surface area contributed by atoms with Crippen molar-refractivity contribution < 1.29 is 14.7 Å². The molecule has 0 saturated carbocycles. The summed E-state index contributed by atoms with van der Waals surface area (Å²) in [5.74, 6) is -1.39. The van der Waals surface area contributed by atoms with E-state index in [1.165, 1.54) is 0 Å². The number of anilines is 1. The molecule has 0 spiro atoms. The first-order chi connectivity index (χ1) is 9.79. The Kier molecular flexibility index (Phi) is 4.93. The van der Waals surface area contributed by atoms with Crippen molar-refractivity contribution in [3.63, 3.8) is 0 Å². The van der Waals surface area contributed by atoms with Gasteiger partial charge in [-0.3, -0.25) is 4.79 Å². The van der Waals surface area contributed by atoms with E-state index in [-0.39, 0.29) is 18.5 Å². The molecule has 0 unspecified atom stereocenters. The lowest BCUT2D eigenvalue weighted by Crippen LogP contribution is -2.34. The highest BCUT2D eigenvalue weighted by Gasteiger charge is 2.37. The molecule has 2 N–H and O–H groups in total. The molecule has 0 aliphatic carbocycles. The fraction of sp³-hybridized carbons (Fsp3) is 0.429. The molecule has 1 aliphatic rings. The van der Waals surface area contributed by atoms with Gasteiger partial charge in [-0.1, -0.05) is 6.92 Å². The number of hydrogen-bond donors (Lipinski definition) is 2. The quantitative estimate of drug-likeness (QED) is 0.767. The van der Waals surface area contributed by atoms with E-state index in [1.807, 2.05) is 26.0 Å². The van der Waals surface area contributed by atoms with E-state index in [1.54, 1.807) is 4.90 Å². The SMILES string of the molecule is Cc1cc(Br)c(NC(=O)N2C[C@@H](C)[C@H](C(=O)O)C2)c(Br)c1. The third-order valence-electron chi connectivity index (χ3n) is 3.64. The maximum atomic E-state index is 12.3. The number of halogens is 2. The first-order valence-electron chi connectivity index (χ1n) is 6.54. The predicted octanol–water partition coefficient (Wildman–Crippen LogP) is 3.70. The Morgan fingerprint density at radius 2 is 1.86 bits per heavy atom. The number of benzene rings is 1. The van der Waals surface area contributed by atoms with E-state index >= 15 is 0 Å². The minimum Gasteiger partial charge on any atom is -0.481 e. The third-order valence-corrected chi connectivity index (χ3v) is 4.89. The van der Waals surface area contributed by atoms with Gasteiger partial charge in [0.1, 0.15) is 0 Å². The summed E-state index contributed by atoms with van der Waals surface area (Å²) in [6.45, 7) is 4.50. The standard InChI is InChI=1S/C14H16Br2N2O3/c1-7-3-10(15)12(11(16)4-7)17-14(21)18-5-8(2)9(6-18)13(19)20/h3-4,8-9H,5-6H2,1-2H3,(H,17,21)(H,19,20)/t8-,9-/m1/s1. The van der Waals surface area contributed by atoms with Crippen molar-refractivity contribution in [2.24, 2.45) is 11.8 Å². The molecule has 5 nitrogen and oxygen atoms in total. The summed E-state index contributed by atoms with van der Waals surface area (Å²) in [7, 11) is 0. The fourth-order valence-electron chi connectivity index (χ4n) is 2.46. The Bertz CT molecular complexity index is 569. The zero-order chi connectivity index (χ0) is 15.7. The van der Waals surface area contributed by atoms with Crippen LogP contribution in [0.1, 0.15) is 12.5 Å². The molecule has 114 valence electrons. The minimum absolute atomic E-state index is 0.0434. The van der Waals surface area contributed by atoms with Crippen molar-refractivity contribution >= 4 is 49.5 Å². The Hall–Kier alpha value is -1.08. The highest BCUT2D eigenvalue weighted by molar-refractivity contribution is 9.11. The van der Waals surface area contributed by atoms with Gasteiger partial charge in [0.15, 0.2) is 0 Å². The third kappa shape index (κ3) is 3.58. The lowest BCUT2D eigenvalue weighted by Gasteiger charge is -2.18. The normalized spacial score (nSPS) is 21.4. The largest absolute Gasteiger partial charge is 0.481 e. The zero-order valence-corrected chi connectivity index (χ0v) is 14.9. The second kappa shape index (κ2) is 6.36. The summed E-state index contributed by atoms with van der Waals surface area (Å²) in [4.78, 5) is 25.0. The predicted molar refractivity (Wildman–Crippen MR) is 87.5 cm³/mol. The van der Waals surface area contributed by atoms with Crippen molar-refractivity contribution in [2.45, 2.75) is 13.8 Å². The number of urea groups is 1. The number of rotatable bonds is 2. The maximum Gasteiger partial charge on any atom is 0.321 e. The van der Waals surface area contributed by atoms with E-state index in [2.05, 4.69) is 37.2 Å².